The van der Waals surface area contributed by atoms with Crippen molar-refractivity contribution in [1.82, 2.24) is 6.15 Å². The van der Waals surface area contributed by atoms with E-state index in [1.165, 1.54) is 0 Å². The molecule has 0 aromatic rings. The van der Waals surface area contributed by atoms with Gasteiger partial charge in [0.1, 0.15) is 0 Å². The van der Waals surface area contributed by atoms with Gasteiger partial charge >= 0.3 is 51.3 Å². The average molecular weight is 203 g/mol. The van der Waals surface area contributed by atoms with Crippen LogP contribution in [0.25, 0.3) is 0 Å². The Morgan fingerprint density at radius 2 is 1.70 bits per heavy atom. The molecule has 0 aromatic carbocycles. The molecule has 0 amide bonds. The Morgan fingerprint density at radius 3 is 1.70 bits per heavy atom. The molecule has 5 N–H and O–H groups in total. The summed E-state index contributed by atoms with van der Waals surface area (Å²) in [6.45, 7) is 0. The number of rotatable bonds is 2. The number of hydrogen-bond donors (Lipinski definition) is 3. The van der Waals surface area contributed by atoms with E-state index in [0.29, 0.717) is 0 Å². The first kappa shape index (κ1) is 17.1. The van der Waals surface area contributed by atoms with E-state index in [4.69, 9.17) is 9.11 Å². The fraction of sp³-hybridized carbons (Fsp3) is 0. The molecule has 0 saturated heterocycles. The molecule has 0 saturated carbocycles. The van der Waals surface area contributed by atoms with E-state index in [1.54, 1.807) is 0 Å². The third kappa shape index (κ3) is 16.0. The zero-order valence-electron chi connectivity index (χ0n) is 4.05. The van der Waals surface area contributed by atoms with Crippen LogP contribution in [0.1, 0.15) is 0 Å². The predicted molar refractivity (Wildman–Crippen MR) is 35.6 cm³/mol. The van der Waals surface area contributed by atoms with Crippen LogP contribution in [-0.4, -0.2) is 51.3 Å². The van der Waals surface area contributed by atoms with Gasteiger partial charge in [0.05, 0.1) is 0 Å². The molecule has 0 heterocycles. The summed E-state index contributed by atoms with van der Waals surface area (Å²) < 4.78 is 46.4. The van der Waals surface area contributed by atoms with Gasteiger partial charge in [-0.1, -0.05) is 0 Å². The second-order valence-electron chi connectivity index (χ2n) is 0.713. The third-order valence-electron chi connectivity index (χ3n) is 0.144. The van der Waals surface area contributed by atoms with E-state index in [1.807, 2.05) is 0 Å². The van der Waals surface area contributed by atoms with Crippen molar-refractivity contribution in [2.75, 3.05) is 0 Å². The average Bonchev–Trinajstić information content (AvgIpc) is 1.21. The normalized spacial score (nSPS) is 12.6. The fourth-order valence-electron chi connectivity index (χ4n) is 0.0736. The monoisotopic (exact) mass is 203 g/mol. The molecule has 0 fully saturated rings. The molecule has 0 aliphatic heterocycles. The topological polar surface area (TPSA) is 136 Å². The first-order valence-corrected chi connectivity index (χ1v) is 3.60. The van der Waals surface area contributed by atoms with E-state index in [2.05, 4.69) is 3.63 Å². The zero-order valence-corrected chi connectivity index (χ0v) is 5.68. The maximum atomic E-state index is 9.42. The van der Waals surface area contributed by atoms with Crippen molar-refractivity contribution < 1.29 is 25.4 Å². The summed E-state index contributed by atoms with van der Waals surface area (Å²) in [7, 11) is -4.77. The van der Waals surface area contributed by atoms with E-state index >= 15 is 0 Å². The third-order valence-corrected chi connectivity index (χ3v) is 1.30. The molecular formula is H6NNaO6S2. The minimum absolute atomic E-state index is 0. The van der Waals surface area contributed by atoms with Gasteiger partial charge in [-0.3, -0.25) is 9.11 Å². The Labute approximate surface area is 82.5 Å². The number of hydrogen-bond acceptors (Lipinski definition) is 5. The van der Waals surface area contributed by atoms with E-state index in [-0.39, 0.29) is 35.7 Å². The molecule has 60 valence electrons. The first-order chi connectivity index (χ1) is 3.42. The molecule has 10 heavy (non-hydrogen) atoms. The summed E-state index contributed by atoms with van der Waals surface area (Å²) in [4.78, 5) is 0. The predicted octanol–water partition coefficient (Wildman–Crippen LogP) is -1.54. The molecule has 0 spiro atoms. The van der Waals surface area contributed by atoms with Gasteiger partial charge in [0.15, 0.2) is 0 Å². The Morgan fingerprint density at radius 1 is 1.40 bits per heavy atom. The van der Waals surface area contributed by atoms with Gasteiger partial charge in [-0.05, 0) is 0 Å². The van der Waals surface area contributed by atoms with Gasteiger partial charge in [0.25, 0.3) is 0 Å². The van der Waals surface area contributed by atoms with Crippen molar-refractivity contribution in [3.05, 3.63) is 0 Å². The van der Waals surface area contributed by atoms with E-state index in [0.717, 1.165) is 0 Å². The quantitative estimate of drug-likeness (QED) is 0.281. The van der Waals surface area contributed by atoms with Gasteiger partial charge in [-0.2, -0.15) is 12.6 Å². The Hall–Kier alpha value is 0.940. The van der Waals surface area contributed by atoms with Gasteiger partial charge in [-0.25, -0.2) is 0 Å². The molecule has 0 radical (unpaired) electrons. The summed E-state index contributed by atoms with van der Waals surface area (Å²) in [5.74, 6) is 0. The Kier molecular flexibility index (Phi) is 11.4. The molecule has 0 aliphatic rings. The van der Waals surface area contributed by atoms with Gasteiger partial charge in [0.2, 0.25) is 0 Å². The summed E-state index contributed by atoms with van der Waals surface area (Å²) in [5.41, 5.74) is 0. The standard InChI is InChI=1S/H3N.Na.H2O6S2.H/c;;1-7(2)6-8(3,4)5;/h1H3;;(H,1,2)(H,3,4,5);. The molecule has 1 atom stereocenters. The van der Waals surface area contributed by atoms with E-state index in [9.17, 15) is 12.6 Å². The van der Waals surface area contributed by atoms with Crippen LogP contribution in [0.4, 0.5) is 0 Å². The summed E-state index contributed by atoms with van der Waals surface area (Å²) in [6.07, 6.45) is 0. The van der Waals surface area contributed by atoms with Crippen LogP contribution < -0.4 is 6.15 Å². The SMILES string of the molecule is N.O=S(O)OS(=O)(=O)O.[NaH]. The molecule has 7 nitrogen and oxygen atoms in total. The molecule has 0 aromatic heterocycles. The molecular weight excluding hydrogens is 197 g/mol. The van der Waals surface area contributed by atoms with E-state index < -0.39 is 21.8 Å². The van der Waals surface area contributed by atoms with Crippen molar-refractivity contribution in [2.24, 2.45) is 0 Å². The summed E-state index contributed by atoms with van der Waals surface area (Å²) >= 11 is -2.97. The summed E-state index contributed by atoms with van der Waals surface area (Å²) in [5, 5.41) is 0. The maximum absolute atomic E-state index is 9.42. The van der Waals surface area contributed by atoms with Crippen LogP contribution in [0.2, 0.25) is 0 Å². The van der Waals surface area contributed by atoms with Gasteiger partial charge < -0.3 is 6.15 Å². The van der Waals surface area contributed by atoms with Gasteiger partial charge in [-0.15, -0.1) is 3.63 Å². The Bertz CT molecular complexity index is 182. The second kappa shape index (κ2) is 6.64. The minimum atomic E-state index is -4.77. The molecule has 1 unspecified atom stereocenters. The van der Waals surface area contributed by atoms with Crippen LogP contribution >= 0.6 is 0 Å². The van der Waals surface area contributed by atoms with Crippen LogP contribution in [0.5, 0.6) is 0 Å². The van der Waals surface area contributed by atoms with Crippen LogP contribution in [-0.2, 0) is 25.4 Å². The molecule has 10 heteroatoms. The molecule has 0 bridgehead atoms. The van der Waals surface area contributed by atoms with Crippen LogP contribution in [0.15, 0.2) is 0 Å². The Balaban J connectivity index is -0.000000245. The second-order valence-corrected chi connectivity index (χ2v) is 2.55. The zero-order chi connectivity index (χ0) is 6.78. The molecule has 0 rings (SSSR count). The van der Waals surface area contributed by atoms with Crippen molar-refractivity contribution >= 4 is 51.3 Å². The van der Waals surface area contributed by atoms with Crippen LogP contribution in [0.3, 0.4) is 0 Å². The van der Waals surface area contributed by atoms with Crippen molar-refractivity contribution in [3.8, 4) is 0 Å². The van der Waals surface area contributed by atoms with Crippen LogP contribution in [0, 0.1) is 0 Å². The van der Waals surface area contributed by atoms with Crippen molar-refractivity contribution in [1.29, 1.82) is 0 Å². The fourth-order valence-corrected chi connectivity index (χ4v) is 0.662. The van der Waals surface area contributed by atoms with Crippen molar-refractivity contribution in [2.45, 2.75) is 0 Å². The first-order valence-electron chi connectivity index (χ1n) is 1.20. The summed E-state index contributed by atoms with van der Waals surface area (Å²) in [6, 6.07) is 0. The van der Waals surface area contributed by atoms with Gasteiger partial charge in [0, 0.05) is 0 Å². The van der Waals surface area contributed by atoms with Crippen molar-refractivity contribution in [3.63, 3.8) is 0 Å². The molecule has 0 aliphatic carbocycles.